The molecule has 0 aliphatic carbocycles. The molecule has 3 heteroatoms. The predicted octanol–water partition coefficient (Wildman–Crippen LogP) is 1.33. The molecular formula is C12H15NO2. The van der Waals surface area contributed by atoms with Crippen LogP contribution in [0.15, 0.2) is 36.9 Å². The monoisotopic (exact) mass is 205 g/mol. The lowest BCUT2D eigenvalue weighted by Crippen LogP contribution is -2.29. The van der Waals surface area contributed by atoms with E-state index in [0.29, 0.717) is 12.1 Å². The second-order valence-electron chi connectivity index (χ2n) is 3.35. The fourth-order valence-electron chi connectivity index (χ4n) is 1.17. The summed E-state index contributed by atoms with van der Waals surface area (Å²) in [5.41, 5.74) is 1.69. The molecule has 1 amide bonds. The number of hydrogen-bond donors (Lipinski definition) is 2. The SMILES string of the molecule is C=CCNC(=O)C(O)c1ccc(C)cc1. The van der Waals surface area contributed by atoms with E-state index >= 15 is 0 Å². The molecule has 15 heavy (non-hydrogen) atoms. The first-order chi connectivity index (χ1) is 7.15. The Morgan fingerprint density at radius 2 is 2.13 bits per heavy atom. The topological polar surface area (TPSA) is 49.3 Å². The van der Waals surface area contributed by atoms with Crippen molar-refractivity contribution >= 4 is 5.91 Å². The Morgan fingerprint density at radius 1 is 1.53 bits per heavy atom. The van der Waals surface area contributed by atoms with Crippen molar-refractivity contribution in [1.82, 2.24) is 5.32 Å². The van der Waals surface area contributed by atoms with E-state index in [4.69, 9.17) is 0 Å². The Hall–Kier alpha value is -1.61. The average Bonchev–Trinajstić information content (AvgIpc) is 2.26. The summed E-state index contributed by atoms with van der Waals surface area (Å²) in [7, 11) is 0. The van der Waals surface area contributed by atoms with Crippen LogP contribution in [0, 0.1) is 6.92 Å². The van der Waals surface area contributed by atoms with E-state index in [0.717, 1.165) is 5.56 Å². The number of aryl methyl sites for hydroxylation is 1. The minimum Gasteiger partial charge on any atom is -0.378 e. The third kappa shape index (κ3) is 3.22. The summed E-state index contributed by atoms with van der Waals surface area (Å²) in [5.74, 6) is -0.404. The average molecular weight is 205 g/mol. The Balaban J connectivity index is 2.67. The van der Waals surface area contributed by atoms with Crippen molar-refractivity contribution in [3.8, 4) is 0 Å². The maximum Gasteiger partial charge on any atom is 0.253 e. The molecular weight excluding hydrogens is 190 g/mol. The van der Waals surface area contributed by atoms with Gasteiger partial charge in [0.2, 0.25) is 0 Å². The molecule has 1 atom stereocenters. The van der Waals surface area contributed by atoms with Crippen LogP contribution in [-0.4, -0.2) is 17.6 Å². The van der Waals surface area contributed by atoms with Crippen LogP contribution in [0.1, 0.15) is 17.2 Å². The maximum absolute atomic E-state index is 11.4. The molecule has 0 bridgehead atoms. The third-order valence-electron chi connectivity index (χ3n) is 2.06. The van der Waals surface area contributed by atoms with Crippen molar-refractivity contribution in [1.29, 1.82) is 0 Å². The summed E-state index contributed by atoms with van der Waals surface area (Å²) >= 11 is 0. The standard InChI is InChI=1S/C12H15NO2/c1-3-8-13-12(15)11(14)10-6-4-9(2)5-7-10/h3-7,11,14H,1,8H2,2H3,(H,13,15). The molecule has 80 valence electrons. The van der Waals surface area contributed by atoms with Crippen molar-refractivity contribution in [2.24, 2.45) is 0 Å². The van der Waals surface area contributed by atoms with Gasteiger partial charge in [-0.15, -0.1) is 6.58 Å². The van der Waals surface area contributed by atoms with Crippen LogP contribution in [0.2, 0.25) is 0 Å². The summed E-state index contributed by atoms with van der Waals surface area (Å²) < 4.78 is 0. The van der Waals surface area contributed by atoms with E-state index in [9.17, 15) is 9.90 Å². The molecule has 3 nitrogen and oxygen atoms in total. The van der Waals surface area contributed by atoms with Gasteiger partial charge in [-0.05, 0) is 12.5 Å². The molecule has 1 aromatic carbocycles. The highest BCUT2D eigenvalue weighted by Crippen LogP contribution is 2.13. The summed E-state index contributed by atoms with van der Waals surface area (Å²) in [6.07, 6.45) is 0.463. The summed E-state index contributed by atoms with van der Waals surface area (Å²) in [4.78, 5) is 11.4. The first kappa shape index (κ1) is 11.5. The van der Waals surface area contributed by atoms with Crippen molar-refractivity contribution in [2.75, 3.05) is 6.54 Å². The van der Waals surface area contributed by atoms with Crippen LogP contribution >= 0.6 is 0 Å². The van der Waals surface area contributed by atoms with Gasteiger partial charge in [-0.1, -0.05) is 35.9 Å². The second-order valence-corrected chi connectivity index (χ2v) is 3.35. The number of hydrogen-bond acceptors (Lipinski definition) is 2. The number of amides is 1. The number of benzene rings is 1. The zero-order chi connectivity index (χ0) is 11.3. The second kappa shape index (κ2) is 5.32. The van der Waals surface area contributed by atoms with Gasteiger partial charge in [-0.25, -0.2) is 0 Å². The highest BCUT2D eigenvalue weighted by molar-refractivity contribution is 5.81. The number of carbonyl (C=O) groups is 1. The molecule has 0 radical (unpaired) electrons. The third-order valence-corrected chi connectivity index (χ3v) is 2.06. The Labute approximate surface area is 89.4 Å². The molecule has 0 aliphatic heterocycles. The molecule has 0 spiro atoms. The highest BCUT2D eigenvalue weighted by Gasteiger charge is 2.15. The van der Waals surface area contributed by atoms with Crippen LogP contribution < -0.4 is 5.32 Å². The van der Waals surface area contributed by atoms with Gasteiger partial charge in [0.05, 0.1) is 0 Å². The van der Waals surface area contributed by atoms with Gasteiger partial charge >= 0.3 is 0 Å². The Kier molecular flexibility index (Phi) is 4.06. The van der Waals surface area contributed by atoms with E-state index in [2.05, 4.69) is 11.9 Å². The molecule has 1 aromatic rings. The minimum absolute atomic E-state index is 0.363. The minimum atomic E-state index is -1.11. The van der Waals surface area contributed by atoms with Gasteiger partial charge < -0.3 is 10.4 Å². The molecule has 1 rings (SSSR count). The van der Waals surface area contributed by atoms with E-state index < -0.39 is 12.0 Å². The lowest BCUT2D eigenvalue weighted by Gasteiger charge is -2.10. The van der Waals surface area contributed by atoms with Gasteiger partial charge in [-0.3, -0.25) is 4.79 Å². The lowest BCUT2D eigenvalue weighted by molar-refractivity contribution is -0.129. The molecule has 0 fully saturated rings. The first-order valence-corrected chi connectivity index (χ1v) is 4.78. The number of aliphatic hydroxyl groups is 1. The number of rotatable bonds is 4. The van der Waals surface area contributed by atoms with Crippen molar-refractivity contribution in [3.63, 3.8) is 0 Å². The molecule has 0 saturated heterocycles. The quantitative estimate of drug-likeness (QED) is 0.728. The largest absolute Gasteiger partial charge is 0.378 e. The molecule has 0 saturated carbocycles. The molecule has 0 heterocycles. The zero-order valence-corrected chi connectivity index (χ0v) is 8.73. The smallest absolute Gasteiger partial charge is 0.253 e. The van der Waals surface area contributed by atoms with E-state index in [1.807, 2.05) is 19.1 Å². The van der Waals surface area contributed by atoms with E-state index in [-0.39, 0.29) is 0 Å². The molecule has 2 N–H and O–H groups in total. The van der Waals surface area contributed by atoms with E-state index in [1.54, 1.807) is 18.2 Å². The van der Waals surface area contributed by atoms with Crippen molar-refractivity contribution < 1.29 is 9.90 Å². The highest BCUT2D eigenvalue weighted by atomic mass is 16.3. The number of aliphatic hydroxyl groups excluding tert-OH is 1. The van der Waals surface area contributed by atoms with Gasteiger partial charge in [0.1, 0.15) is 0 Å². The summed E-state index contributed by atoms with van der Waals surface area (Å²) in [6.45, 7) is 5.80. The number of carbonyl (C=O) groups excluding carboxylic acids is 1. The van der Waals surface area contributed by atoms with Crippen LogP contribution in [-0.2, 0) is 4.79 Å². The molecule has 0 aromatic heterocycles. The van der Waals surface area contributed by atoms with Crippen LogP contribution in [0.4, 0.5) is 0 Å². The van der Waals surface area contributed by atoms with Crippen molar-refractivity contribution in [2.45, 2.75) is 13.0 Å². The lowest BCUT2D eigenvalue weighted by atomic mass is 10.1. The Bertz CT molecular complexity index is 343. The van der Waals surface area contributed by atoms with E-state index in [1.165, 1.54) is 0 Å². The van der Waals surface area contributed by atoms with Crippen molar-refractivity contribution in [3.05, 3.63) is 48.0 Å². The van der Waals surface area contributed by atoms with Crippen LogP contribution in [0.3, 0.4) is 0 Å². The zero-order valence-electron chi connectivity index (χ0n) is 8.73. The maximum atomic E-state index is 11.4. The molecule has 1 unspecified atom stereocenters. The van der Waals surface area contributed by atoms with Gasteiger partial charge in [0.25, 0.3) is 5.91 Å². The van der Waals surface area contributed by atoms with Crippen LogP contribution in [0.5, 0.6) is 0 Å². The van der Waals surface area contributed by atoms with Gasteiger partial charge in [0.15, 0.2) is 6.10 Å². The first-order valence-electron chi connectivity index (χ1n) is 4.78. The fourth-order valence-corrected chi connectivity index (χ4v) is 1.17. The number of nitrogens with one attached hydrogen (secondary N) is 1. The Morgan fingerprint density at radius 3 is 2.67 bits per heavy atom. The summed E-state index contributed by atoms with van der Waals surface area (Å²) in [5, 5.41) is 12.2. The van der Waals surface area contributed by atoms with Crippen LogP contribution in [0.25, 0.3) is 0 Å². The van der Waals surface area contributed by atoms with Gasteiger partial charge in [0, 0.05) is 6.54 Å². The predicted molar refractivity (Wildman–Crippen MR) is 59.3 cm³/mol. The molecule has 0 aliphatic rings. The summed E-state index contributed by atoms with van der Waals surface area (Å²) in [6, 6.07) is 7.21. The fraction of sp³-hybridized carbons (Fsp3) is 0.250. The normalized spacial score (nSPS) is 11.9. The van der Waals surface area contributed by atoms with Gasteiger partial charge in [-0.2, -0.15) is 0 Å².